The summed E-state index contributed by atoms with van der Waals surface area (Å²) in [5, 5.41) is 9.38. The van der Waals surface area contributed by atoms with Crippen molar-refractivity contribution in [2.45, 2.75) is 19.3 Å². The van der Waals surface area contributed by atoms with E-state index in [0.717, 1.165) is 27.8 Å². The zero-order valence-electron chi connectivity index (χ0n) is 22.8. The molecule has 0 amide bonds. The van der Waals surface area contributed by atoms with E-state index in [1.165, 1.54) is 22.3 Å². The average Bonchev–Trinajstić information content (AvgIpc) is 3.27. The Labute approximate surface area is 239 Å². The van der Waals surface area contributed by atoms with Gasteiger partial charge in [0.25, 0.3) is 0 Å². The summed E-state index contributed by atoms with van der Waals surface area (Å²) in [5.41, 5.74) is 10.4. The van der Waals surface area contributed by atoms with Crippen molar-refractivity contribution in [3.8, 4) is 62.5 Å². The number of rotatable bonds is 4. The third kappa shape index (κ3) is 4.29. The molecule has 41 heavy (non-hydrogen) atoms. The molecule has 4 heteroatoms. The molecule has 194 valence electrons. The van der Waals surface area contributed by atoms with Crippen LogP contribution in [0.15, 0.2) is 121 Å². The topological polar surface area (TPSA) is 62.5 Å². The third-order valence-electron chi connectivity index (χ3n) is 7.95. The fourth-order valence-corrected chi connectivity index (χ4v) is 5.80. The summed E-state index contributed by atoms with van der Waals surface area (Å²) in [6.45, 7) is 4.56. The molecule has 5 aromatic carbocycles. The smallest absolute Gasteiger partial charge is 0.164 e. The average molecular weight is 527 g/mol. The van der Waals surface area contributed by atoms with Crippen molar-refractivity contribution in [1.29, 1.82) is 5.26 Å². The molecule has 6 aromatic rings. The van der Waals surface area contributed by atoms with E-state index in [9.17, 15) is 5.26 Å². The van der Waals surface area contributed by atoms with Crippen LogP contribution in [0.5, 0.6) is 0 Å². The summed E-state index contributed by atoms with van der Waals surface area (Å²) in [7, 11) is 0. The summed E-state index contributed by atoms with van der Waals surface area (Å²) in [6, 6.07) is 43.2. The molecule has 0 aliphatic heterocycles. The first-order valence-electron chi connectivity index (χ1n) is 13.7. The van der Waals surface area contributed by atoms with Gasteiger partial charge in [-0.2, -0.15) is 5.26 Å². The van der Waals surface area contributed by atoms with E-state index in [4.69, 9.17) is 15.0 Å². The van der Waals surface area contributed by atoms with Gasteiger partial charge in [-0.15, -0.1) is 0 Å². The maximum atomic E-state index is 9.38. The van der Waals surface area contributed by atoms with E-state index < -0.39 is 0 Å². The minimum atomic E-state index is -0.119. The number of aromatic nitrogens is 3. The summed E-state index contributed by atoms with van der Waals surface area (Å²) < 4.78 is 0. The Balaban J connectivity index is 1.38. The van der Waals surface area contributed by atoms with E-state index in [1.807, 2.05) is 72.8 Å². The van der Waals surface area contributed by atoms with E-state index >= 15 is 0 Å². The molecule has 0 N–H and O–H groups in total. The normalized spacial score (nSPS) is 12.8. The van der Waals surface area contributed by atoms with Crippen molar-refractivity contribution < 1.29 is 0 Å². The van der Waals surface area contributed by atoms with Gasteiger partial charge in [0.05, 0.1) is 11.6 Å². The molecule has 1 aliphatic carbocycles. The summed E-state index contributed by atoms with van der Waals surface area (Å²) in [6.07, 6.45) is 0. The molecular formula is C37H26N4. The second-order valence-electron chi connectivity index (χ2n) is 10.9. The van der Waals surface area contributed by atoms with Crippen LogP contribution in [-0.4, -0.2) is 15.0 Å². The van der Waals surface area contributed by atoms with E-state index in [-0.39, 0.29) is 5.41 Å². The van der Waals surface area contributed by atoms with E-state index in [1.54, 1.807) is 0 Å². The minimum absolute atomic E-state index is 0.119. The molecule has 0 spiro atoms. The Morgan fingerprint density at radius 2 is 1.05 bits per heavy atom. The number of nitriles is 1. The lowest BCUT2D eigenvalue weighted by Crippen LogP contribution is -2.15. The molecule has 0 bridgehead atoms. The Bertz CT molecular complexity index is 1980. The van der Waals surface area contributed by atoms with Crippen molar-refractivity contribution in [3.63, 3.8) is 0 Å². The fraction of sp³-hybridized carbons (Fsp3) is 0.0811. The van der Waals surface area contributed by atoms with Gasteiger partial charge in [-0.05, 0) is 57.6 Å². The standard InChI is InChI=1S/C37H26N4/c1-37(2)32-17-7-6-16-30(32)31-19-18-29(22-33(31)37)36-40-34(25-11-4-3-5-12-25)39-35(41-36)28-15-9-14-27(21-28)26-13-8-10-24(20-26)23-38/h3-22H,1-2H3. The predicted octanol–water partition coefficient (Wildman–Crippen LogP) is 8.72. The molecule has 0 fully saturated rings. The first kappa shape index (κ1) is 24.6. The van der Waals surface area contributed by atoms with Crippen LogP contribution in [0.4, 0.5) is 0 Å². The molecule has 0 radical (unpaired) electrons. The summed E-state index contributed by atoms with van der Waals surface area (Å²) >= 11 is 0. The number of hydrogen-bond donors (Lipinski definition) is 0. The minimum Gasteiger partial charge on any atom is -0.208 e. The van der Waals surface area contributed by atoms with Gasteiger partial charge in [0.1, 0.15) is 0 Å². The molecule has 7 rings (SSSR count). The molecule has 0 saturated heterocycles. The first-order valence-corrected chi connectivity index (χ1v) is 13.7. The van der Waals surface area contributed by atoms with Crippen LogP contribution in [0.2, 0.25) is 0 Å². The van der Waals surface area contributed by atoms with Crippen LogP contribution in [0, 0.1) is 11.3 Å². The van der Waals surface area contributed by atoms with Crippen LogP contribution in [0.25, 0.3) is 56.4 Å². The second-order valence-corrected chi connectivity index (χ2v) is 10.9. The summed E-state index contributed by atoms with van der Waals surface area (Å²) in [4.78, 5) is 14.9. The second kappa shape index (κ2) is 9.66. The molecule has 4 nitrogen and oxygen atoms in total. The van der Waals surface area contributed by atoms with Crippen molar-refractivity contribution in [2.75, 3.05) is 0 Å². The van der Waals surface area contributed by atoms with Crippen molar-refractivity contribution in [3.05, 3.63) is 138 Å². The van der Waals surface area contributed by atoms with Crippen molar-refractivity contribution >= 4 is 0 Å². The maximum Gasteiger partial charge on any atom is 0.164 e. The Hall–Kier alpha value is -5.40. The molecular weight excluding hydrogens is 500 g/mol. The van der Waals surface area contributed by atoms with Crippen LogP contribution in [0.1, 0.15) is 30.5 Å². The maximum absolute atomic E-state index is 9.38. The highest BCUT2D eigenvalue weighted by atomic mass is 15.0. The van der Waals surface area contributed by atoms with Gasteiger partial charge < -0.3 is 0 Å². The quantitative estimate of drug-likeness (QED) is 0.230. The van der Waals surface area contributed by atoms with Crippen LogP contribution >= 0.6 is 0 Å². The number of hydrogen-bond acceptors (Lipinski definition) is 4. The molecule has 0 atom stereocenters. The Kier molecular flexibility index (Phi) is 5.80. The van der Waals surface area contributed by atoms with Crippen molar-refractivity contribution in [2.24, 2.45) is 0 Å². The predicted molar refractivity (Wildman–Crippen MR) is 164 cm³/mol. The van der Waals surface area contributed by atoms with Gasteiger partial charge in [0.2, 0.25) is 0 Å². The number of fused-ring (bicyclic) bond motifs is 3. The lowest BCUT2D eigenvalue weighted by Gasteiger charge is -2.21. The highest BCUT2D eigenvalue weighted by Crippen LogP contribution is 2.49. The number of nitrogens with zero attached hydrogens (tertiary/aromatic N) is 4. The van der Waals surface area contributed by atoms with Gasteiger partial charge in [-0.1, -0.05) is 111 Å². The fourth-order valence-electron chi connectivity index (χ4n) is 5.80. The van der Waals surface area contributed by atoms with Crippen LogP contribution in [-0.2, 0) is 5.41 Å². The molecule has 0 unspecified atom stereocenters. The van der Waals surface area contributed by atoms with E-state index in [0.29, 0.717) is 23.0 Å². The van der Waals surface area contributed by atoms with Gasteiger partial charge in [0, 0.05) is 22.1 Å². The van der Waals surface area contributed by atoms with Crippen LogP contribution < -0.4 is 0 Å². The van der Waals surface area contributed by atoms with Gasteiger partial charge in [-0.3, -0.25) is 0 Å². The Morgan fingerprint density at radius 1 is 0.488 bits per heavy atom. The zero-order valence-corrected chi connectivity index (χ0v) is 22.8. The Morgan fingerprint density at radius 3 is 1.80 bits per heavy atom. The van der Waals surface area contributed by atoms with Crippen LogP contribution in [0.3, 0.4) is 0 Å². The lowest BCUT2D eigenvalue weighted by atomic mass is 9.82. The highest BCUT2D eigenvalue weighted by molar-refractivity contribution is 5.83. The zero-order chi connectivity index (χ0) is 28.0. The third-order valence-corrected chi connectivity index (χ3v) is 7.95. The highest BCUT2D eigenvalue weighted by Gasteiger charge is 2.35. The molecule has 1 aromatic heterocycles. The molecule has 1 aliphatic rings. The van der Waals surface area contributed by atoms with Gasteiger partial charge in [-0.25, -0.2) is 15.0 Å². The van der Waals surface area contributed by atoms with Gasteiger partial charge >= 0.3 is 0 Å². The SMILES string of the molecule is CC1(C)c2ccccc2-c2ccc(-c3nc(-c4ccccc4)nc(-c4cccc(-c5cccc(C#N)c5)c4)n3)cc21. The number of benzene rings is 5. The lowest BCUT2D eigenvalue weighted by molar-refractivity contribution is 0.660. The first-order chi connectivity index (χ1) is 20.0. The van der Waals surface area contributed by atoms with E-state index in [2.05, 4.69) is 68.4 Å². The molecule has 1 heterocycles. The molecule has 0 saturated carbocycles. The largest absolute Gasteiger partial charge is 0.208 e. The van der Waals surface area contributed by atoms with Crippen molar-refractivity contribution in [1.82, 2.24) is 15.0 Å². The monoisotopic (exact) mass is 526 g/mol. The summed E-state index contributed by atoms with van der Waals surface area (Å²) in [5.74, 6) is 1.88. The van der Waals surface area contributed by atoms with Gasteiger partial charge in [0.15, 0.2) is 17.5 Å².